The molecule has 0 aliphatic carbocycles. The van der Waals surface area contributed by atoms with Crippen LogP contribution in [0.4, 0.5) is 11.5 Å². The van der Waals surface area contributed by atoms with E-state index < -0.39 is 50.5 Å². The lowest BCUT2D eigenvalue weighted by molar-refractivity contribution is -0.138. The van der Waals surface area contributed by atoms with E-state index in [9.17, 15) is 24.4 Å². The number of hydrogen-bond donors (Lipinski definition) is 5. The van der Waals surface area contributed by atoms with Gasteiger partial charge in [-0.3, -0.25) is 18.7 Å². The van der Waals surface area contributed by atoms with Crippen LogP contribution in [0.25, 0.3) is 11.2 Å². The first-order valence-electron chi connectivity index (χ1n) is 12.6. The molecule has 2 amide bonds. The van der Waals surface area contributed by atoms with Gasteiger partial charge < -0.3 is 39.9 Å². The van der Waals surface area contributed by atoms with E-state index in [1.807, 2.05) is 0 Å². The summed E-state index contributed by atoms with van der Waals surface area (Å²) in [6.45, 7) is 3.57. The molecule has 40 heavy (non-hydrogen) atoms. The lowest BCUT2D eigenvalue weighted by Gasteiger charge is -2.17. The Kier molecular flexibility index (Phi) is 9.45. The fraction of sp³-hybridized carbons (Fsp3) is 0.458. The van der Waals surface area contributed by atoms with Crippen LogP contribution in [0.3, 0.4) is 0 Å². The zero-order chi connectivity index (χ0) is 28.9. The number of hydrogen-bond acceptors (Lipinski definition) is 12. The van der Waals surface area contributed by atoms with Crippen molar-refractivity contribution in [3.8, 4) is 0 Å². The highest BCUT2D eigenvalue weighted by Crippen LogP contribution is 2.51. The first kappa shape index (κ1) is 29.5. The second kappa shape index (κ2) is 12.8. The third kappa shape index (κ3) is 6.46. The van der Waals surface area contributed by atoms with Gasteiger partial charge >= 0.3 is 7.60 Å². The number of carbonyl (C=O) groups is 2. The molecule has 3 heterocycles. The molecule has 16 heteroatoms. The van der Waals surface area contributed by atoms with Crippen molar-refractivity contribution in [2.75, 3.05) is 37.4 Å². The molecule has 216 valence electrons. The van der Waals surface area contributed by atoms with Gasteiger partial charge in [0.05, 0.1) is 32.2 Å². The number of aliphatic hydroxyl groups excluding tert-OH is 2. The van der Waals surface area contributed by atoms with Gasteiger partial charge in [-0.2, -0.15) is 0 Å². The van der Waals surface area contributed by atoms with Crippen LogP contribution in [0.2, 0.25) is 0 Å². The summed E-state index contributed by atoms with van der Waals surface area (Å²) < 4.78 is 30.4. The number of amides is 2. The Morgan fingerprint density at radius 1 is 1.07 bits per heavy atom. The standard InChI is InChI=1S/C24H32N7O8P/c1-4-37-40(36,38-5-2)11-14-6-8-15(9-7-14)30-16(32)10-26-23(35)20-18(33)19(34)24(39-20)31-13-29-17-21(25-3)27-12-28-22(17)31/h6-9,12-13,18-20,24,33-34H,4-5,10-11H2,1-3H3,(H,26,35)(H,30,32)(H,25,27,28)/t18-,19+,20-,24+/m0/s1. The number of nitrogens with zero attached hydrogens (tertiary/aromatic N) is 4. The second-order valence-electron chi connectivity index (χ2n) is 8.79. The van der Waals surface area contributed by atoms with Gasteiger partial charge in [0.1, 0.15) is 24.1 Å². The normalized spacial score (nSPS) is 20.9. The summed E-state index contributed by atoms with van der Waals surface area (Å²) in [7, 11) is -1.59. The molecule has 0 spiro atoms. The van der Waals surface area contributed by atoms with E-state index in [2.05, 4.69) is 30.9 Å². The predicted octanol–water partition coefficient (Wildman–Crippen LogP) is 1.01. The molecule has 0 bridgehead atoms. The van der Waals surface area contributed by atoms with Gasteiger partial charge in [0.2, 0.25) is 5.91 Å². The average Bonchev–Trinajstić information content (AvgIpc) is 3.49. The molecule has 1 saturated heterocycles. The zero-order valence-corrected chi connectivity index (χ0v) is 23.1. The van der Waals surface area contributed by atoms with E-state index in [4.69, 9.17) is 13.8 Å². The number of nitrogens with one attached hydrogen (secondary N) is 3. The predicted molar refractivity (Wildman–Crippen MR) is 143 cm³/mol. The number of aliphatic hydroxyl groups is 2. The maximum absolute atomic E-state index is 12.7. The number of imidazole rings is 1. The molecule has 1 fully saturated rings. The molecule has 0 radical (unpaired) electrons. The number of anilines is 2. The first-order valence-corrected chi connectivity index (χ1v) is 14.3. The third-order valence-corrected chi connectivity index (χ3v) is 8.11. The Morgan fingerprint density at radius 3 is 2.42 bits per heavy atom. The molecule has 1 aliphatic rings. The lowest BCUT2D eigenvalue weighted by atomic mass is 10.1. The molecule has 0 saturated carbocycles. The summed E-state index contributed by atoms with van der Waals surface area (Å²) in [4.78, 5) is 37.6. The van der Waals surface area contributed by atoms with Gasteiger partial charge in [0.25, 0.3) is 5.91 Å². The van der Waals surface area contributed by atoms with Crippen LogP contribution < -0.4 is 16.0 Å². The zero-order valence-electron chi connectivity index (χ0n) is 22.2. The number of ether oxygens (including phenoxy) is 1. The van der Waals surface area contributed by atoms with Crippen LogP contribution in [0.15, 0.2) is 36.9 Å². The highest BCUT2D eigenvalue weighted by molar-refractivity contribution is 7.53. The molecule has 1 aromatic carbocycles. The summed E-state index contributed by atoms with van der Waals surface area (Å²) in [5.74, 6) is -0.850. The molecule has 0 unspecified atom stereocenters. The fourth-order valence-corrected chi connectivity index (χ4v) is 5.94. The summed E-state index contributed by atoms with van der Waals surface area (Å²) in [6.07, 6.45) is -2.85. The van der Waals surface area contributed by atoms with E-state index in [-0.39, 0.29) is 19.4 Å². The summed E-state index contributed by atoms with van der Waals surface area (Å²) in [6, 6.07) is 6.63. The van der Waals surface area contributed by atoms with E-state index >= 15 is 0 Å². The van der Waals surface area contributed by atoms with Crippen molar-refractivity contribution in [3.05, 3.63) is 42.5 Å². The number of benzene rings is 1. The molecule has 5 N–H and O–H groups in total. The van der Waals surface area contributed by atoms with E-state index in [0.717, 1.165) is 0 Å². The lowest BCUT2D eigenvalue weighted by Crippen LogP contribution is -2.45. The molecule has 2 aromatic heterocycles. The third-order valence-electron chi connectivity index (χ3n) is 6.06. The largest absolute Gasteiger partial charge is 0.387 e. The van der Waals surface area contributed by atoms with Crippen LogP contribution in [-0.2, 0) is 34.1 Å². The highest BCUT2D eigenvalue weighted by atomic mass is 31.2. The van der Waals surface area contributed by atoms with Crippen LogP contribution in [0, 0.1) is 0 Å². The van der Waals surface area contributed by atoms with Gasteiger partial charge in [-0.15, -0.1) is 0 Å². The molecule has 4 atom stereocenters. The Hall–Kier alpha value is -3.46. The summed E-state index contributed by atoms with van der Waals surface area (Å²) >= 11 is 0. The van der Waals surface area contributed by atoms with Gasteiger partial charge in [-0.25, -0.2) is 15.0 Å². The quantitative estimate of drug-likeness (QED) is 0.192. The summed E-state index contributed by atoms with van der Waals surface area (Å²) in [5.41, 5.74) is 1.91. The Bertz CT molecular complexity index is 1380. The van der Waals surface area contributed by atoms with Crippen molar-refractivity contribution in [1.29, 1.82) is 0 Å². The van der Waals surface area contributed by atoms with Gasteiger partial charge in [-0.05, 0) is 31.5 Å². The second-order valence-corrected chi connectivity index (χ2v) is 10.8. The number of rotatable bonds is 12. The van der Waals surface area contributed by atoms with Gasteiger partial charge in [-0.1, -0.05) is 12.1 Å². The van der Waals surface area contributed by atoms with E-state index in [1.54, 1.807) is 45.2 Å². The number of fused-ring (bicyclic) bond motifs is 1. The summed E-state index contributed by atoms with van der Waals surface area (Å²) in [5, 5.41) is 29.0. The molecular weight excluding hydrogens is 545 g/mol. The van der Waals surface area contributed by atoms with Crippen molar-refractivity contribution in [3.63, 3.8) is 0 Å². The average molecular weight is 578 g/mol. The first-order chi connectivity index (χ1) is 19.2. The van der Waals surface area contributed by atoms with E-state index in [0.29, 0.717) is 28.2 Å². The van der Waals surface area contributed by atoms with Crippen molar-refractivity contribution < 1.29 is 38.2 Å². The molecule has 4 rings (SSSR count). The van der Waals surface area contributed by atoms with Crippen molar-refractivity contribution in [2.45, 2.75) is 44.5 Å². The SMILES string of the molecule is CCOP(=O)(Cc1ccc(NC(=O)CNC(=O)[C@H]2O[C@@H](n3cnc4c(NC)ncnc43)[C@H](O)[C@@H]2O)cc1)OCC. The maximum Gasteiger partial charge on any atom is 0.335 e. The van der Waals surface area contributed by atoms with E-state index in [1.165, 1.54) is 17.2 Å². The minimum Gasteiger partial charge on any atom is -0.387 e. The Morgan fingerprint density at radius 2 is 1.77 bits per heavy atom. The van der Waals surface area contributed by atoms with Crippen molar-refractivity contribution in [1.82, 2.24) is 24.8 Å². The highest BCUT2D eigenvalue weighted by Gasteiger charge is 2.47. The Balaban J connectivity index is 1.32. The molecule has 15 nitrogen and oxygen atoms in total. The van der Waals surface area contributed by atoms with Gasteiger partial charge in [0, 0.05) is 12.7 Å². The molecule has 3 aromatic rings. The minimum absolute atomic E-state index is 0.0913. The van der Waals surface area contributed by atoms with Crippen LogP contribution >= 0.6 is 7.60 Å². The van der Waals surface area contributed by atoms with Crippen molar-refractivity contribution >= 4 is 42.1 Å². The smallest absolute Gasteiger partial charge is 0.335 e. The van der Waals surface area contributed by atoms with Crippen LogP contribution in [0.1, 0.15) is 25.6 Å². The molecule has 1 aliphatic heterocycles. The maximum atomic E-state index is 12.7. The minimum atomic E-state index is -3.26. The fourth-order valence-electron chi connectivity index (χ4n) is 4.24. The van der Waals surface area contributed by atoms with Crippen LogP contribution in [0.5, 0.6) is 0 Å². The molecular formula is C24H32N7O8P. The van der Waals surface area contributed by atoms with Crippen LogP contribution in [-0.4, -0.2) is 86.7 Å². The Labute approximate surface area is 229 Å². The topological polar surface area (TPSA) is 199 Å². The van der Waals surface area contributed by atoms with Crippen molar-refractivity contribution in [2.24, 2.45) is 0 Å². The number of carbonyl (C=O) groups excluding carboxylic acids is 2. The number of aromatic nitrogens is 4. The van der Waals surface area contributed by atoms with Gasteiger partial charge in [0.15, 0.2) is 23.8 Å². The monoisotopic (exact) mass is 577 g/mol.